The van der Waals surface area contributed by atoms with Gasteiger partial charge >= 0.3 is 0 Å². The largest absolute Gasteiger partial charge is 0.285 e. The number of halogens is 2. The van der Waals surface area contributed by atoms with E-state index >= 15 is 0 Å². The Balaban J connectivity index is 2.56. The molecule has 0 N–H and O–H groups in total. The zero-order valence-corrected chi connectivity index (χ0v) is 10.5. The minimum absolute atomic E-state index is 0.521. The van der Waals surface area contributed by atoms with Crippen LogP contribution in [0.5, 0.6) is 0 Å². The minimum atomic E-state index is 0.521. The van der Waals surface area contributed by atoms with Crippen molar-refractivity contribution >= 4 is 33.8 Å². The molecule has 1 radical (unpaired) electrons. The van der Waals surface area contributed by atoms with Crippen molar-refractivity contribution in [2.45, 2.75) is 0 Å². The average molecular weight is 295 g/mol. The van der Waals surface area contributed by atoms with Gasteiger partial charge in [-0.3, -0.25) is 4.79 Å². The summed E-state index contributed by atoms with van der Waals surface area (Å²) >= 11 is 9.22. The first kappa shape index (κ1) is 11.4. The zero-order valence-electron chi connectivity index (χ0n) is 8.21. The van der Waals surface area contributed by atoms with Gasteiger partial charge < -0.3 is 0 Å². The smallest absolute Gasteiger partial charge is 0.234 e. The van der Waals surface area contributed by atoms with Crippen LogP contribution in [0.25, 0.3) is 11.1 Å². The van der Waals surface area contributed by atoms with E-state index in [1.54, 1.807) is 6.07 Å². The van der Waals surface area contributed by atoms with Gasteiger partial charge in [0.1, 0.15) is 0 Å². The fourth-order valence-corrected chi connectivity index (χ4v) is 2.16. The van der Waals surface area contributed by atoms with Crippen LogP contribution in [0, 0.1) is 0 Å². The molecule has 0 amide bonds. The average Bonchev–Trinajstić information content (AvgIpc) is 2.31. The third-order valence-electron chi connectivity index (χ3n) is 2.26. The highest BCUT2D eigenvalue weighted by molar-refractivity contribution is 9.10. The van der Waals surface area contributed by atoms with Gasteiger partial charge in [-0.2, -0.15) is 0 Å². The van der Waals surface area contributed by atoms with Crippen LogP contribution in [-0.4, -0.2) is 6.29 Å². The molecule has 0 saturated heterocycles. The van der Waals surface area contributed by atoms with E-state index in [2.05, 4.69) is 15.9 Å². The molecular formula is C13H7BrClO. The van der Waals surface area contributed by atoms with Crippen molar-refractivity contribution < 1.29 is 4.79 Å². The van der Waals surface area contributed by atoms with E-state index in [1.165, 1.54) is 0 Å². The van der Waals surface area contributed by atoms with Crippen molar-refractivity contribution in [3.8, 4) is 11.1 Å². The molecule has 0 aliphatic rings. The van der Waals surface area contributed by atoms with Gasteiger partial charge in [0.25, 0.3) is 0 Å². The Morgan fingerprint density at radius 1 is 1.06 bits per heavy atom. The van der Waals surface area contributed by atoms with Gasteiger partial charge in [-0.25, -0.2) is 0 Å². The quantitative estimate of drug-likeness (QED) is 0.810. The maximum Gasteiger partial charge on any atom is 0.234 e. The van der Waals surface area contributed by atoms with E-state index < -0.39 is 0 Å². The Morgan fingerprint density at radius 3 is 2.38 bits per heavy atom. The first-order chi connectivity index (χ1) is 7.72. The standard InChI is InChI=1S/C13H7BrClO/c14-13-10(8-16)2-1-3-12(13)9-4-6-11(15)7-5-9/h1-7H. The molecule has 16 heavy (non-hydrogen) atoms. The summed E-state index contributed by atoms with van der Waals surface area (Å²) in [4.78, 5) is 10.7. The summed E-state index contributed by atoms with van der Waals surface area (Å²) in [6, 6.07) is 13.0. The summed E-state index contributed by atoms with van der Waals surface area (Å²) < 4.78 is 0.757. The Morgan fingerprint density at radius 2 is 1.75 bits per heavy atom. The van der Waals surface area contributed by atoms with Crippen LogP contribution in [-0.2, 0) is 4.79 Å². The van der Waals surface area contributed by atoms with E-state index in [4.69, 9.17) is 11.6 Å². The Kier molecular flexibility index (Phi) is 3.42. The molecule has 0 atom stereocenters. The van der Waals surface area contributed by atoms with E-state index in [1.807, 2.05) is 42.7 Å². The predicted molar refractivity (Wildman–Crippen MR) is 69.4 cm³/mol. The summed E-state index contributed by atoms with van der Waals surface area (Å²) in [5.74, 6) is 0. The van der Waals surface area contributed by atoms with E-state index in [0.29, 0.717) is 10.6 Å². The molecule has 3 heteroatoms. The van der Waals surface area contributed by atoms with E-state index in [0.717, 1.165) is 15.6 Å². The van der Waals surface area contributed by atoms with Crippen molar-refractivity contribution in [1.29, 1.82) is 0 Å². The first-order valence-electron chi connectivity index (χ1n) is 4.65. The van der Waals surface area contributed by atoms with Crippen molar-refractivity contribution in [3.63, 3.8) is 0 Å². The van der Waals surface area contributed by atoms with Gasteiger partial charge in [0.15, 0.2) is 0 Å². The molecule has 0 heterocycles. The number of benzene rings is 2. The van der Waals surface area contributed by atoms with Crippen molar-refractivity contribution in [1.82, 2.24) is 0 Å². The van der Waals surface area contributed by atoms with Gasteiger partial charge in [0.05, 0.1) is 0 Å². The Bertz CT molecular complexity index is 520. The monoisotopic (exact) mass is 293 g/mol. The van der Waals surface area contributed by atoms with Crippen LogP contribution < -0.4 is 0 Å². The zero-order chi connectivity index (χ0) is 11.5. The third-order valence-corrected chi connectivity index (χ3v) is 3.37. The second kappa shape index (κ2) is 4.81. The third kappa shape index (κ3) is 2.18. The lowest BCUT2D eigenvalue weighted by molar-refractivity contribution is 0.562. The van der Waals surface area contributed by atoms with Crippen molar-refractivity contribution in [3.05, 3.63) is 57.5 Å². The summed E-state index contributed by atoms with van der Waals surface area (Å²) in [7, 11) is 0. The molecule has 0 unspecified atom stereocenters. The fraction of sp³-hybridized carbons (Fsp3) is 0. The molecule has 0 fully saturated rings. The highest BCUT2D eigenvalue weighted by Crippen LogP contribution is 2.30. The Hall–Kier alpha value is -1.12. The van der Waals surface area contributed by atoms with Crippen LogP contribution >= 0.6 is 27.5 Å². The van der Waals surface area contributed by atoms with Crippen molar-refractivity contribution in [2.75, 3.05) is 0 Å². The van der Waals surface area contributed by atoms with Crippen LogP contribution in [0.1, 0.15) is 5.56 Å². The fourth-order valence-electron chi connectivity index (χ4n) is 1.46. The van der Waals surface area contributed by atoms with Crippen LogP contribution in [0.3, 0.4) is 0 Å². The number of hydrogen-bond donors (Lipinski definition) is 0. The van der Waals surface area contributed by atoms with Gasteiger partial charge in [0.2, 0.25) is 6.29 Å². The van der Waals surface area contributed by atoms with Crippen LogP contribution in [0.15, 0.2) is 46.9 Å². The lowest BCUT2D eigenvalue weighted by Crippen LogP contribution is -1.86. The SMILES string of the molecule is O=[C]c1cccc(-c2ccc(Cl)cc2)c1Br. The minimum Gasteiger partial charge on any atom is -0.285 e. The predicted octanol–water partition coefficient (Wildman–Crippen LogP) is 4.23. The lowest BCUT2D eigenvalue weighted by Gasteiger charge is -2.06. The van der Waals surface area contributed by atoms with Gasteiger partial charge in [-0.15, -0.1) is 0 Å². The Labute approximate surface area is 107 Å². The molecular weight excluding hydrogens is 287 g/mol. The molecule has 0 aromatic heterocycles. The van der Waals surface area contributed by atoms with Gasteiger partial charge in [0, 0.05) is 15.1 Å². The van der Waals surface area contributed by atoms with Crippen LogP contribution in [0.4, 0.5) is 0 Å². The normalized spacial score (nSPS) is 10.1. The maximum atomic E-state index is 10.7. The van der Waals surface area contributed by atoms with Gasteiger partial charge in [-0.05, 0) is 45.3 Å². The topological polar surface area (TPSA) is 17.1 Å². The molecule has 79 valence electrons. The maximum absolute atomic E-state index is 10.7. The van der Waals surface area contributed by atoms with Gasteiger partial charge in [-0.1, -0.05) is 35.9 Å². The summed E-state index contributed by atoms with van der Waals surface area (Å²) in [6.07, 6.45) is 1.89. The van der Waals surface area contributed by atoms with E-state index in [-0.39, 0.29) is 0 Å². The molecule has 2 aromatic rings. The lowest BCUT2D eigenvalue weighted by atomic mass is 10.0. The summed E-state index contributed by atoms with van der Waals surface area (Å²) in [5.41, 5.74) is 2.48. The number of carbonyl (C=O) groups excluding carboxylic acids is 1. The second-order valence-corrected chi connectivity index (χ2v) is 4.51. The molecule has 2 aromatic carbocycles. The molecule has 0 aliphatic carbocycles. The molecule has 0 aliphatic heterocycles. The molecule has 0 spiro atoms. The molecule has 1 nitrogen and oxygen atoms in total. The van der Waals surface area contributed by atoms with Crippen LogP contribution in [0.2, 0.25) is 5.02 Å². The number of hydrogen-bond acceptors (Lipinski definition) is 1. The number of rotatable bonds is 2. The van der Waals surface area contributed by atoms with E-state index in [9.17, 15) is 4.79 Å². The molecule has 0 bridgehead atoms. The second-order valence-electron chi connectivity index (χ2n) is 3.28. The summed E-state index contributed by atoms with van der Waals surface area (Å²) in [5, 5.41) is 0.693. The summed E-state index contributed by atoms with van der Waals surface area (Å²) in [6.45, 7) is 0. The first-order valence-corrected chi connectivity index (χ1v) is 5.82. The molecule has 0 saturated carbocycles. The van der Waals surface area contributed by atoms with Crippen molar-refractivity contribution in [2.24, 2.45) is 0 Å². The highest BCUT2D eigenvalue weighted by Gasteiger charge is 2.07. The molecule has 2 rings (SSSR count). The highest BCUT2D eigenvalue weighted by atomic mass is 79.9.